The third kappa shape index (κ3) is 4.56. The molecule has 0 bridgehead atoms. The van der Waals surface area contributed by atoms with Gasteiger partial charge in [0.2, 0.25) is 5.91 Å². The van der Waals surface area contributed by atoms with E-state index in [1.54, 1.807) is 12.4 Å². The fraction of sp³-hybridized carbons (Fsp3) is 0.455. The van der Waals surface area contributed by atoms with Crippen LogP contribution in [0.1, 0.15) is 25.3 Å². The number of rotatable bonds is 4. The zero-order valence-corrected chi connectivity index (χ0v) is 9.16. The third-order valence-corrected chi connectivity index (χ3v) is 1.99. The molecule has 1 aromatic rings. The lowest BCUT2D eigenvalue weighted by molar-refractivity contribution is -0.116. The maximum Gasteiger partial charge on any atom is 0.224 e. The molecule has 0 spiro atoms. The van der Waals surface area contributed by atoms with Crippen molar-refractivity contribution in [3.8, 4) is 0 Å². The summed E-state index contributed by atoms with van der Waals surface area (Å²) < 4.78 is 0. The molecule has 3 N–H and O–H groups in total. The average Bonchev–Trinajstić information content (AvgIpc) is 2.15. The average molecular weight is 207 g/mol. The van der Waals surface area contributed by atoms with Crippen LogP contribution >= 0.6 is 0 Å². The molecule has 1 rings (SSSR count). The summed E-state index contributed by atoms with van der Waals surface area (Å²) in [5, 5.41) is 2.78. The van der Waals surface area contributed by atoms with Gasteiger partial charge in [0.25, 0.3) is 0 Å². The van der Waals surface area contributed by atoms with E-state index in [1.165, 1.54) is 0 Å². The number of nitrogens with two attached hydrogens (primary N) is 1. The van der Waals surface area contributed by atoms with Gasteiger partial charge in [-0.05, 0) is 31.9 Å². The van der Waals surface area contributed by atoms with Gasteiger partial charge in [-0.2, -0.15) is 0 Å². The van der Waals surface area contributed by atoms with Gasteiger partial charge < -0.3 is 11.1 Å². The molecule has 0 aliphatic rings. The smallest absolute Gasteiger partial charge is 0.224 e. The van der Waals surface area contributed by atoms with Gasteiger partial charge in [0.1, 0.15) is 0 Å². The molecule has 1 atom stereocenters. The summed E-state index contributed by atoms with van der Waals surface area (Å²) in [4.78, 5) is 15.4. The fourth-order valence-electron chi connectivity index (χ4n) is 1.21. The number of anilines is 1. The van der Waals surface area contributed by atoms with E-state index in [0.717, 1.165) is 11.3 Å². The van der Waals surface area contributed by atoms with E-state index in [2.05, 4.69) is 10.3 Å². The van der Waals surface area contributed by atoms with Crippen molar-refractivity contribution >= 4 is 11.6 Å². The zero-order valence-electron chi connectivity index (χ0n) is 9.16. The third-order valence-electron chi connectivity index (χ3n) is 1.99. The Bertz CT molecular complexity index is 336. The zero-order chi connectivity index (χ0) is 11.3. The lowest BCUT2D eigenvalue weighted by Crippen LogP contribution is -2.19. The van der Waals surface area contributed by atoms with Gasteiger partial charge in [-0.15, -0.1) is 0 Å². The topological polar surface area (TPSA) is 68.0 Å². The minimum Gasteiger partial charge on any atom is -0.328 e. The Balaban J connectivity index is 2.44. The van der Waals surface area contributed by atoms with Crippen LogP contribution in [0, 0.1) is 6.92 Å². The van der Waals surface area contributed by atoms with Crippen LogP contribution in [-0.2, 0) is 4.79 Å². The molecule has 0 fully saturated rings. The van der Waals surface area contributed by atoms with Gasteiger partial charge >= 0.3 is 0 Å². The lowest BCUT2D eigenvalue weighted by Gasteiger charge is -2.06. The van der Waals surface area contributed by atoms with Crippen LogP contribution in [0.2, 0.25) is 0 Å². The van der Waals surface area contributed by atoms with Gasteiger partial charge in [0, 0.05) is 18.7 Å². The van der Waals surface area contributed by atoms with Crippen molar-refractivity contribution in [1.82, 2.24) is 4.98 Å². The van der Waals surface area contributed by atoms with Crippen LogP contribution < -0.4 is 11.1 Å². The Hall–Kier alpha value is -1.42. The van der Waals surface area contributed by atoms with Gasteiger partial charge in [-0.3, -0.25) is 9.78 Å². The monoisotopic (exact) mass is 207 g/mol. The summed E-state index contributed by atoms with van der Waals surface area (Å²) in [6.07, 6.45) is 4.53. The second kappa shape index (κ2) is 5.46. The first-order valence-corrected chi connectivity index (χ1v) is 5.05. The quantitative estimate of drug-likeness (QED) is 0.785. The Morgan fingerprint density at radius 3 is 2.93 bits per heavy atom. The van der Waals surface area contributed by atoms with E-state index in [-0.39, 0.29) is 11.9 Å². The van der Waals surface area contributed by atoms with Gasteiger partial charge in [0.15, 0.2) is 0 Å². The first-order chi connectivity index (χ1) is 7.08. The Morgan fingerprint density at radius 1 is 1.60 bits per heavy atom. The number of hydrogen-bond donors (Lipinski definition) is 2. The molecular formula is C11H17N3O. The molecule has 1 heterocycles. The highest BCUT2D eigenvalue weighted by Gasteiger charge is 2.04. The second-order valence-corrected chi connectivity index (χ2v) is 3.82. The molecule has 0 saturated heterocycles. The van der Waals surface area contributed by atoms with Crippen LogP contribution in [0.5, 0.6) is 0 Å². The van der Waals surface area contributed by atoms with E-state index < -0.39 is 0 Å². The SMILES string of the molecule is Cc1cncc(NC(=O)CCC(C)N)c1. The highest BCUT2D eigenvalue weighted by Crippen LogP contribution is 2.08. The van der Waals surface area contributed by atoms with Gasteiger partial charge in [-0.25, -0.2) is 0 Å². The Labute approximate surface area is 89.9 Å². The normalized spacial score (nSPS) is 12.2. The molecule has 0 aliphatic carbocycles. The summed E-state index contributed by atoms with van der Waals surface area (Å²) in [6, 6.07) is 1.95. The molecule has 0 aliphatic heterocycles. The Morgan fingerprint density at radius 2 is 2.33 bits per heavy atom. The standard InChI is InChI=1S/C11H17N3O/c1-8-5-10(7-13-6-8)14-11(15)4-3-9(2)12/h5-7,9H,3-4,12H2,1-2H3,(H,14,15). The molecule has 0 aromatic carbocycles. The van der Waals surface area contributed by atoms with Gasteiger partial charge in [-0.1, -0.05) is 0 Å². The van der Waals surface area contributed by atoms with E-state index in [1.807, 2.05) is 19.9 Å². The van der Waals surface area contributed by atoms with Crippen LogP contribution in [-0.4, -0.2) is 16.9 Å². The highest BCUT2D eigenvalue weighted by molar-refractivity contribution is 5.90. The second-order valence-electron chi connectivity index (χ2n) is 3.82. The number of hydrogen-bond acceptors (Lipinski definition) is 3. The molecule has 1 aromatic heterocycles. The summed E-state index contributed by atoms with van der Waals surface area (Å²) in [6.45, 7) is 3.83. The molecule has 4 nitrogen and oxygen atoms in total. The maximum atomic E-state index is 11.4. The molecule has 4 heteroatoms. The maximum absolute atomic E-state index is 11.4. The van der Waals surface area contributed by atoms with Crippen molar-refractivity contribution in [3.05, 3.63) is 24.0 Å². The number of carbonyl (C=O) groups is 1. The van der Waals surface area contributed by atoms with Crippen LogP contribution in [0.15, 0.2) is 18.5 Å². The number of pyridine rings is 1. The largest absolute Gasteiger partial charge is 0.328 e. The predicted octanol–water partition coefficient (Wildman–Crippen LogP) is 1.46. The predicted molar refractivity (Wildman–Crippen MR) is 60.5 cm³/mol. The number of aromatic nitrogens is 1. The van der Waals surface area contributed by atoms with Crippen LogP contribution in [0.4, 0.5) is 5.69 Å². The number of aryl methyl sites for hydroxylation is 1. The molecule has 82 valence electrons. The highest BCUT2D eigenvalue weighted by atomic mass is 16.1. The molecule has 1 amide bonds. The minimum absolute atomic E-state index is 0.0142. The van der Waals surface area contributed by atoms with Gasteiger partial charge in [0.05, 0.1) is 11.9 Å². The van der Waals surface area contributed by atoms with Crippen molar-refractivity contribution in [3.63, 3.8) is 0 Å². The molecule has 0 saturated carbocycles. The first-order valence-electron chi connectivity index (χ1n) is 5.05. The van der Waals surface area contributed by atoms with E-state index >= 15 is 0 Å². The van der Waals surface area contributed by atoms with Crippen molar-refractivity contribution in [2.75, 3.05) is 5.32 Å². The van der Waals surface area contributed by atoms with E-state index in [0.29, 0.717) is 12.8 Å². The van der Waals surface area contributed by atoms with E-state index in [9.17, 15) is 4.79 Å². The molecular weight excluding hydrogens is 190 g/mol. The summed E-state index contributed by atoms with van der Waals surface area (Å²) in [5.74, 6) is -0.0142. The molecule has 1 unspecified atom stereocenters. The van der Waals surface area contributed by atoms with Crippen molar-refractivity contribution < 1.29 is 4.79 Å². The first kappa shape index (κ1) is 11.7. The minimum atomic E-state index is -0.0142. The van der Waals surface area contributed by atoms with Crippen LogP contribution in [0.3, 0.4) is 0 Å². The van der Waals surface area contributed by atoms with E-state index in [4.69, 9.17) is 5.73 Å². The number of carbonyl (C=O) groups excluding carboxylic acids is 1. The summed E-state index contributed by atoms with van der Waals surface area (Å²) in [7, 11) is 0. The summed E-state index contributed by atoms with van der Waals surface area (Å²) in [5.41, 5.74) is 7.33. The lowest BCUT2D eigenvalue weighted by atomic mass is 10.2. The van der Waals surface area contributed by atoms with Crippen molar-refractivity contribution in [1.29, 1.82) is 0 Å². The summed E-state index contributed by atoms with van der Waals surface area (Å²) >= 11 is 0. The molecule has 0 radical (unpaired) electrons. The van der Waals surface area contributed by atoms with Crippen molar-refractivity contribution in [2.24, 2.45) is 5.73 Å². The number of nitrogens with zero attached hydrogens (tertiary/aromatic N) is 1. The van der Waals surface area contributed by atoms with Crippen molar-refractivity contribution in [2.45, 2.75) is 32.7 Å². The fourth-order valence-corrected chi connectivity index (χ4v) is 1.21. The number of nitrogens with one attached hydrogen (secondary N) is 1. The number of amides is 1. The van der Waals surface area contributed by atoms with Crippen LogP contribution in [0.25, 0.3) is 0 Å². The Kier molecular flexibility index (Phi) is 4.24. The molecule has 15 heavy (non-hydrogen) atoms.